The fourth-order valence-electron chi connectivity index (χ4n) is 1.80. The second-order valence-electron chi connectivity index (χ2n) is 4.32. The molecule has 1 aromatic heterocycles. The Morgan fingerprint density at radius 2 is 1.80 bits per heavy atom. The number of aromatic nitrogens is 1. The van der Waals surface area contributed by atoms with E-state index in [1.54, 1.807) is 0 Å². The van der Waals surface area contributed by atoms with Gasteiger partial charge in [-0.3, -0.25) is 0 Å². The number of aryl methyl sites for hydroxylation is 1. The molecule has 7 heteroatoms. The summed E-state index contributed by atoms with van der Waals surface area (Å²) < 4.78 is 55.8. The van der Waals surface area contributed by atoms with Gasteiger partial charge < -0.3 is 9.73 Å². The van der Waals surface area contributed by atoms with Crippen LogP contribution in [0.2, 0.25) is 0 Å². The normalized spacial score (nSPS) is 13.3. The fraction of sp³-hybridized carbons (Fsp3) is 0.308. The van der Waals surface area contributed by atoms with Gasteiger partial charge in [0.25, 0.3) is 0 Å². The third kappa shape index (κ3) is 3.09. The van der Waals surface area contributed by atoms with Crippen molar-refractivity contribution in [1.29, 1.82) is 0 Å². The van der Waals surface area contributed by atoms with Crippen molar-refractivity contribution in [2.24, 2.45) is 0 Å². The van der Waals surface area contributed by atoms with Gasteiger partial charge in [0, 0.05) is 12.6 Å². The van der Waals surface area contributed by atoms with E-state index in [9.17, 15) is 17.6 Å². The van der Waals surface area contributed by atoms with E-state index in [1.807, 2.05) is 0 Å². The van der Waals surface area contributed by atoms with Gasteiger partial charge in [-0.25, -0.2) is 9.37 Å². The summed E-state index contributed by atoms with van der Waals surface area (Å²) >= 11 is 0. The minimum atomic E-state index is -4.60. The summed E-state index contributed by atoms with van der Waals surface area (Å²) in [5.41, 5.74) is 0.270. The largest absolute Gasteiger partial charge is 0.451 e. The second kappa shape index (κ2) is 5.15. The van der Waals surface area contributed by atoms with Crippen molar-refractivity contribution in [3.63, 3.8) is 0 Å². The monoisotopic (exact) mass is 288 g/mol. The van der Waals surface area contributed by atoms with Gasteiger partial charge in [0.15, 0.2) is 5.89 Å². The second-order valence-corrected chi connectivity index (χ2v) is 4.32. The summed E-state index contributed by atoms with van der Waals surface area (Å²) in [7, 11) is 0. The van der Waals surface area contributed by atoms with Crippen LogP contribution in [0.25, 0.3) is 0 Å². The van der Waals surface area contributed by atoms with E-state index in [4.69, 9.17) is 0 Å². The Kier molecular flexibility index (Phi) is 3.69. The van der Waals surface area contributed by atoms with Crippen LogP contribution in [0.5, 0.6) is 0 Å². The predicted molar refractivity (Wildman–Crippen MR) is 64.7 cm³/mol. The molecule has 0 amide bonds. The molecule has 3 nitrogen and oxygen atoms in total. The maximum absolute atomic E-state index is 12.8. The highest BCUT2D eigenvalue weighted by molar-refractivity contribution is 5.45. The van der Waals surface area contributed by atoms with Crippen molar-refractivity contribution in [1.82, 2.24) is 4.98 Å². The molecule has 0 bridgehead atoms. The maximum atomic E-state index is 12.8. The van der Waals surface area contributed by atoms with Gasteiger partial charge in [-0.05, 0) is 31.2 Å². The van der Waals surface area contributed by atoms with Crippen LogP contribution >= 0.6 is 0 Å². The minimum absolute atomic E-state index is 0.0555. The summed E-state index contributed by atoms with van der Waals surface area (Å²) in [6, 6.07) is 4.58. The molecule has 0 aliphatic rings. The number of nitrogens with zero attached hydrogens (tertiary/aromatic N) is 1. The van der Waals surface area contributed by atoms with Crippen LogP contribution < -0.4 is 5.32 Å². The lowest BCUT2D eigenvalue weighted by Gasteiger charge is -2.15. The first-order valence-corrected chi connectivity index (χ1v) is 5.84. The molecule has 1 N–H and O–H groups in total. The molecule has 0 saturated heterocycles. The van der Waals surface area contributed by atoms with Gasteiger partial charge in [-0.1, -0.05) is 0 Å². The molecular formula is C13H12F4N2O. The van der Waals surface area contributed by atoms with Crippen molar-refractivity contribution in [3.05, 3.63) is 47.4 Å². The van der Waals surface area contributed by atoms with Crippen LogP contribution in [0.3, 0.4) is 0 Å². The lowest BCUT2D eigenvalue weighted by atomic mass is 10.2. The molecular weight excluding hydrogens is 276 g/mol. The van der Waals surface area contributed by atoms with E-state index in [-0.39, 0.29) is 11.6 Å². The van der Waals surface area contributed by atoms with Gasteiger partial charge in [0.05, 0.1) is 6.04 Å². The van der Waals surface area contributed by atoms with Crippen LogP contribution in [-0.2, 0) is 6.18 Å². The lowest BCUT2D eigenvalue weighted by Crippen LogP contribution is -2.14. The van der Waals surface area contributed by atoms with E-state index >= 15 is 0 Å². The molecule has 1 aromatic carbocycles. The van der Waals surface area contributed by atoms with Gasteiger partial charge in [0.2, 0.25) is 5.76 Å². The molecule has 0 radical (unpaired) electrons. The van der Waals surface area contributed by atoms with Gasteiger partial charge in [-0.2, -0.15) is 13.2 Å². The first kappa shape index (κ1) is 14.4. The van der Waals surface area contributed by atoms with Crippen LogP contribution in [0.1, 0.15) is 30.3 Å². The average Bonchev–Trinajstić information content (AvgIpc) is 2.74. The third-order valence-corrected chi connectivity index (χ3v) is 2.66. The van der Waals surface area contributed by atoms with Gasteiger partial charge in [0.1, 0.15) is 11.5 Å². The molecule has 0 aliphatic heterocycles. The number of benzene rings is 1. The number of anilines is 1. The Hall–Kier alpha value is -2.05. The highest BCUT2D eigenvalue weighted by Gasteiger charge is 2.40. The zero-order valence-electron chi connectivity index (χ0n) is 10.8. The number of nitrogens with one attached hydrogen (secondary N) is 1. The van der Waals surface area contributed by atoms with Gasteiger partial charge >= 0.3 is 6.18 Å². The Morgan fingerprint density at radius 1 is 1.20 bits per heavy atom. The first-order valence-electron chi connectivity index (χ1n) is 5.84. The summed E-state index contributed by atoms with van der Waals surface area (Å²) in [4.78, 5) is 3.77. The molecule has 1 heterocycles. The number of rotatable bonds is 3. The average molecular weight is 288 g/mol. The third-order valence-electron chi connectivity index (χ3n) is 2.66. The van der Waals surface area contributed by atoms with E-state index in [0.29, 0.717) is 5.69 Å². The molecule has 0 spiro atoms. The molecule has 2 rings (SSSR count). The van der Waals surface area contributed by atoms with Crippen LogP contribution in [0, 0.1) is 12.7 Å². The Labute approximate surface area is 112 Å². The van der Waals surface area contributed by atoms with E-state index < -0.39 is 23.8 Å². The highest BCUT2D eigenvalue weighted by atomic mass is 19.4. The molecule has 1 unspecified atom stereocenters. The molecule has 0 aliphatic carbocycles. The number of hydrogen-bond donors (Lipinski definition) is 1. The Morgan fingerprint density at radius 3 is 2.35 bits per heavy atom. The van der Waals surface area contributed by atoms with Gasteiger partial charge in [-0.15, -0.1) is 0 Å². The summed E-state index contributed by atoms with van der Waals surface area (Å²) in [6.45, 7) is 2.87. The molecule has 108 valence electrons. The van der Waals surface area contributed by atoms with Crippen molar-refractivity contribution in [2.75, 3.05) is 5.32 Å². The summed E-state index contributed by atoms with van der Waals surface area (Å²) in [5, 5.41) is 2.82. The highest BCUT2D eigenvalue weighted by Crippen LogP contribution is 2.35. The predicted octanol–water partition coefficient (Wildman–Crippen LogP) is 4.31. The smallest absolute Gasteiger partial charge is 0.436 e. The quantitative estimate of drug-likeness (QED) is 0.855. The zero-order valence-corrected chi connectivity index (χ0v) is 10.8. The number of alkyl halides is 3. The summed E-state index contributed by atoms with van der Waals surface area (Å²) in [5.74, 6) is -1.59. The minimum Gasteiger partial charge on any atom is -0.436 e. The van der Waals surface area contributed by atoms with Crippen LogP contribution in [-0.4, -0.2) is 4.98 Å². The topological polar surface area (TPSA) is 38.1 Å². The van der Waals surface area contributed by atoms with E-state index in [2.05, 4.69) is 14.7 Å². The molecule has 20 heavy (non-hydrogen) atoms. The van der Waals surface area contributed by atoms with Crippen molar-refractivity contribution in [3.8, 4) is 0 Å². The van der Waals surface area contributed by atoms with Crippen molar-refractivity contribution in [2.45, 2.75) is 26.1 Å². The molecule has 1 atom stereocenters. The standard InChI is InChI=1S/C13H12F4N2O/c1-7(18-10-5-3-9(14)4-6-10)11-12(13(15,16)17)20-8(2)19-11/h3-7,18H,1-2H3. The van der Waals surface area contributed by atoms with Crippen LogP contribution in [0.4, 0.5) is 23.2 Å². The Bertz CT molecular complexity index is 589. The number of hydrogen-bond acceptors (Lipinski definition) is 3. The fourth-order valence-corrected chi connectivity index (χ4v) is 1.80. The van der Waals surface area contributed by atoms with Crippen molar-refractivity contribution < 1.29 is 22.0 Å². The maximum Gasteiger partial charge on any atom is 0.451 e. The Balaban J connectivity index is 2.25. The SMILES string of the molecule is Cc1nc(C(C)Nc2ccc(F)cc2)c(C(F)(F)F)o1. The lowest BCUT2D eigenvalue weighted by molar-refractivity contribution is -0.154. The zero-order chi connectivity index (χ0) is 14.9. The van der Waals surface area contributed by atoms with E-state index in [0.717, 1.165) is 0 Å². The number of oxazole rings is 1. The van der Waals surface area contributed by atoms with Crippen molar-refractivity contribution >= 4 is 5.69 Å². The molecule has 0 saturated carbocycles. The first-order chi connectivity index (χ1) is 9.27. The molecule has 0 fully saturated rings. The number of halogens is 4. The molecule has 2 aromatic rings. The summed E-state index contributed by atoms with van der Waals surface area (Å²) in [6.07, 6.45) is -4.60. The van der Waals surface area contributed by atoms with E-state index in [1.165, 1.54) is 38.1 Å². The van der Waals surface area contributed by atoms with Crippen LogP contribution in [0.15, 0.2) is 28.7 Å².